The third-order valence-electron chi connectivity index (χ3n) is 3.22. The zero-order valence-electron chi connectivity index (χ0n) is 11.8. The molecule has 0 aliphatic heterocycles. The van der Waals surface area contributed by atoms with Gasteiger partial charge in [0, 0.05) is 26.7 Å². The molecule has 3 aromatic rings. The molecule has 3 heterocycles. The lowest BCUT2D eigenvalue weighted by Crippen LogP contribution is -1.90. The minimum absolute atomic E-state index is 0.857. The summed E-state index contributed by atoms with van der Waals surface area (Å²) in [6.07, 6.45) is 8.51. The Bertz CT molecular complexity index is 663. The van der Waals surface area contributed by atoms with Crippen molar-refractivity contribution in [3.05, 3.63) is 35.0 Å². The SMILES string of the molecule is CCCc1cnc(-c2cc3sc(CCC)cc3s2)nc1. The number of rotatable bonds is 5. The van der Waals surface area contributed by atoms with Crippen LogP contribution in [0, 0.1) is 0 Å². The van der Waals surface area contributed by atoms with E-state index in [-0.39, 0.29) is 0 Å². The molecule has 3 rings (SSSR count). The molecule has 0 aromatic carbocycles. The van der Waals surface area contributed by atoms with E-state index in [0.717, 1.165) is 18.7 Å². The summed E-state index contributed by atoms with van der Waals surface area (Å²) in [5.41, 5.74) is 1.22. The first kappa shape index (κ1) is 13.7. The van der Waals surface area contributed by atoms with E-state index in [4.69, 9.17) is 0 Å². The first-order valence-electron chi connectivity index (χ1n) is 7.13. The van der Waals surface area contributed by atoms with E-state index < -0.39 is 0 Å². The maximum Gasteiger partial charge on any atom is 0.169 e. The van der Waals surface area contributed by atoms with E-state index in [9.17, 15) is 0 Å². The quantitative estimate of drug-likeness (QED) is 0.637. The third kappa shape index (κ3) is 2.76. The van der Waals surface area contributed by atoms with E-state index in [0.29, 0.717) is 0 Å². The predicted octanol–water partition coefficient (Wildman–Crippen LogP) is 5.32. The molecule has 0 radical (unpaired) electrons. The fourth-order valence-corrected chi connectivity index (χ4v) is 4.74. The molecule has 0 aliphatic rings. The summed E-state index contributed by atoms with van der Waals surface area (Å²) in [4.78, 5) is 11.7. The highest BCUT2D eigenvalue weighted by Crippen LogP contribution is 2.37. The summed E-state index contributed by atoms with van der Waals surface area (Å²) < 4.78 is 2.74. The standard InChI is InChI=1S/C16H18N2S2/c1-3-5-11-9-17-16(18-10-11)15-8-14-13(20-15)7-12(19-14)6-4-2/h7-10H,3-6H2,1-2H3. The highest BCUT2D eigenvalue weighted by Gasteiger charge is 2.10. The lowest BCUT2D eigenvalue weighted by Gasteiger charge is -1.99. The van der Waals surface area contributed by atoms with Crippen LogP contribution in [0.25, 0.3) is 20.1 Å². The number of aryl methyl sites for hydroxylation is 2. The summed E-state index contributed by atoms with van der Waals surface area (Å²) in [5.74, 6) is 0.857. The van der Waals surface area contributed by atoms with Crippen molar-refractivity contribution < 1.29 is 0 Å². The second kappa shape index (κ2) is 6.02. The minimum Gasteiger partial charge on any atom is -0.236 e. The van der Waals surface area contributed by atoms with Crippen molar-refractivity contribution in [2.75, 3.05) is 0 Å². The van der Waals surface area contributed by atoms with Gasteiger partial charge in [0.1, 0.15) is 0 Å². The van der Waals surface area contributed by atoms with Gasteiger partial charge in [-0.3, -0.25) is 0 Å². The lowest BCUT2D eigenvalue weighted by atomic mass is 10.2. The molecule has 0 N–H and O–H groups in total. The molecule has 0 fully saturated rings. The minimum atomic E-state index is 0.857. The van der Waals surface area contributed by atoms with Crippen molar-refractivity contribution >= 4 is 32.1 Å². The van der Waals surface area contributed by atoms with Gasteiger partial charge in [0.2, 0.25) is 0 Å². The number of fused-ring (bicyclic) bond motifs is 1. The Morgan fingerprint density at radius 2 is 1.60 bits per heavy atom. The monoisotopic (exact) mass is 302 g/mol. The predicted molar refractivity (Wildman–Crippen MR) is 88.7 cm³/mol. The van der Waals surface area contributed by atoms with Gasteiger partial charge in [0.15, 0.2) is 5.82 Å². The lowest BCUT2D eigenvalue weighted by molar-refractivity contribution is 0.902. The first-order valence-corrected chi connectivity index (χ1v) is 8.77. The van der Waals surface area contributed by atoms with Gasteiger partial charge in [-0.2, -0.15) is 0 Å². The maximum atomic E-state index is 4.51. The van der Waals surface area contributed by atoms with Gasteiger partial charge in [0.05, 0.1) is 4.88 Å². The molecule has 0 atom stereocenters. The van der Waals surface area contributed by atoms with Crippen LogP contribution in [-0.4, -0.2) is 9.97 Å². The Morgan fingerprint density at radius 3 is 2.25 bits per heavy atom. The van der Waals surface area contributed by atoms with E-state index in [1.54, 1.807) is 11.3 Å². The molecule has 0 saturated heterocycles. The van der Waals surface area contributed by atoms with E-state index in [1.807, 2.05) is 23.7 Å². The molecule has 0 bridgehead atoms. The van der Waals surface area contributed by atoms with Gasteiger partial charge in [-0.25, -0.2) is 9.97 Å². The molecular weight excluding hydrogens is 284 g/mol. The summed E-state index contributed by atoms with van der Waals surface area (Å²) in [5, 5.41) is 0. The van der Waals surface area contributed by atoms with E-state index in [2.05, 4.69) is 35.9 Å². The van der Waals surface area contributed by atoms with Crippen LogP contribution in [0.4, 0.5) is 0 Å². The van der Waals surface area contributed by atoms with Crippen LogP contribution in [0.1, 0.15) is 37.1 Å². The Labute approximate surface area is 127 Å². The maximum absolute atomic E-state index is 4.51. The zero-order chi connectivity index (χ0) is 13.9. The molecule has 3 aromatic heterocycles. The van der Waals surface area contributed by atoms with Gasteiger partial charge >= 0.3 is 0 Å². The van der Waals surface area contributed by atoms with Gasteiger partial charge in [0.25, 0.3) is 0 Å². The number of hydrogen-bond donors (Lipinski definition) is 0. The van der Waals surface area contributed by atoms with Crippen LogP contribution in [-0.2, 0) is 12.8 Å². The number of nitrogens with zero attached hydrogens (tertiary/aromatic N) is 2. The fraction of sp³-hybridized carbons (Fsp3) is 0.375. The fourth-order valence-electron chi connectivity index (χ4n) is 2.27. The van der Waals surface area contributed by atoms with Crippen molar-refractivity contribution in [3.63, 3.8) is 0 Å². The zero-order valence-corrected chi connectivity index (χ0v) is 13.5. The van der Waals surface area contributed by atoms with E-state index >= 15 is 0 Å². The summed E-state index contributed by atoms with van der Waals surface area (Å²) in [6.45, 7) is 4.40. The van der Waals surface area contributed by atoms with Crippen molar-refractivity contribution in [2.45, 2.75) is 39.5 Å². The molecule has 0 amide bonds. The average Bonchev–Trinajstić information content (AvgIpc) is 2.98. The summed E-state index contributed by atoms with van der Waals surface area (Å²) >= 11 is 3.71. The topological polar surface area (TPSA) is 25.8 Å². The Kier molecular flexibility index (Phi) is 4.13. The van der Waals surface area contributed by atoms with Crippen molar-refractivity contribution in [3.8, 4) is 10.7 Å². The molecule has 0 saturated carbocycles. The summed E-state index contributed by atoms with van der Waals surface area (Å²) in [6, 6.07) is 4.56. The number of hydrogen-bond acceptors (Lipinski definition) is 4. The van der Waals surface area contributed by atoms with Crippen molar-refractivity contribution in [1.29, 1.82) is 0 Å². The van der Waals surface area contributed by atoms with Gasteiger partial charge in [-0.1, -0.05) is 26.7 Å². The molecule has 0 unspecified atom stereocenters. The first-order chi connectivity index (χ1) is 9.80. The number of aromatic nitrogens is 2. The largest absolute Gasteiger partial charge is 0.236 e. The van der Waals surface area contributed by atoms with Crippen LogP contribution < -0.4 is 0 Å². The Hall–Kier alpha value is -1.26. The molecule has 2 nitrogen and oxygen atoms in total. The smallest absolute Gasteiger partial charge is 0.169 e. The van der Waals surface area contributed by atoms with Crippen molar-refractivity contribution in [1.82, 2.24) is 9.97 Å². The van der Waals surface area contributed by atoms with Crippen LogP contribution in [0.15, 0.2) is 24.5 Å². The average molecular weight is 302 g/mol. The Morgan fingerprint density at radius 1 is 0.900 bits per heavy atom. The molecule has 20 heavy (non-hydrogen) atoms. The van der Waals surface area contributed by atoms with Crippen molar-refractivity contribution in [2.24, 2.45) is 0 Å². The molecule has 104 valence electrons. The highest BCUT2D eigenvalue weighted by molar-refractivity contribution is 7.29. The van der Waals surface area contributed by atoms with Gasteiger partial charge < -0.3 is 0 Å². The van der Waals surface area contributed by atoms with Crippen LogP contribution in [0.2, 0.25) is 0 Å². The second-order valence-corrected chi connectivity index (χ2v) is 7.22. The molecular formula is C16H18N2S2. The number of thiophene rings is 2. The third-order valence-corrected chi connectivity index (χ3v) is 5.57. The van der Waals surface area contributed by atoms with Gasteiger partial charge in [-0.05, 0) is 30.5 Å². The summed E-state index contributed by atoms with van der Waals surface area (Å²) in [7, 11) is 0. The molecule has 0 aliphatic carbocycles. The Balaban J connectivity index is 1.87. The highest BCUT2D eigenvalue weighted by atomic mass is 32.1. The van der Waals surface area contributed by atoms with Crippen LogP contribution >= 0.6 is 22.7 Å². The second-order valence-electron chi connectivity index (χ2n) is 4.97. The normalized spacial score (nSPS) is 11.3. The molecule has 0 spiro atoms. The van der Waals surface area contributed by atoms with E-state index in [1.165, 1.54) is 37.6 Å². The van der Waals surface area contributed by atoms with Gasteiger partial charge in [-0.15, -0.1) is 22.7 Å². The van der Waals surface area contributed by atoms with Crippen LogP contribution in [0.3, 0.4) is 0 Å². The van der Waals surface area contributed by atoms with Crippen LogP contribution in [0.5, 0.6) is 0 Å². The molecule has 4 heteroatoms.